The first kappa shape index (κ1) is 12.2. The maximum atomic E-state index is 11.5. The summed E-state index contributed by atoms with van der Waals surface area (Å²) < 4.78 is 0. The van der Waals surface area contributed by atoms with Gasteiger partial charge in [0.1, 0.15) is 5.70 Å². The maximum absolute atomic E-state index is 11.5. The monoisotopic (exact) mass is 273 g/mol. The molecule has 2 aliphatic heterocycles. The Labute approximate surface area is 117 Å². The molecule has 0 bridgehead atoms. The van der Waals surface area contributed by atoms with Gasteiger partial charge in [-0.1, -0.05) is 12.1 Å². The zero-order chi connectivity index (χ0) is 13.2. The van der Waals surface area contributed by atoms with Gasteiger partial charge in [-0.15, -0.1) is 0 Å². The van der Waals surface area contributed by atoms with E-state index in [1.54, 1.807) is 0 Å². The van der Waals surface area contributed by atoms with Crippen LogP contribution in [0.4, 0.5) is 5.69 Å². The van der Waals surface area contributed by atoms with Crippen LogP contribution >= 0.6 is 12.2 Å². The van der Waals surface area contributed by atoms with E-state index < -0.39 is 0 Å². The summed E-state index contributed by atoms with van der Waals surface area (Å²) in [6, 6.07) is 8.25. The van der Waals surface area contributed by atoms with Gasteiger partial charge in [-0.3, -0.25) is 10.1 Å². The molecule has 0 aromatic heterocycles. The van der Waals surface area contributed by atoms with Crippen LogP contribution in [0.2, 0.25) is 0 Å². The van der Waals surface area contributed by atoms with E-state index in [0.29, 0.717) is 10.8 Å². The van der Waals surface area contributed by atoms with E-state index in [-0.39, 0.29) is 5.91 Å². The summed E-state index contributed by atoms with van der Waals surface area (Å²) >= 11 is 4.89. The first-order valence-electron chi connectivity index (χ1n) is 6.41. The van der Waals surface area contributed by atoms with Crippen LogP contribution in [0.5, 0.6) is 0 Å². The van der Waals surface area contributed by atoms with Crippen molar-refractivity contribution in [2.75, 3.05) is 18.0 Å². The van der Waals surface area contributed by atoms with Crippen molar-refractivity contribution < 1.29 is 4.79 Å². The summed E-state index contributed by atoms with van der Waals surface area (Å²) in [5, 5.41) is 5.76. The Morgan fingerprint density at radius 3 is 2.37 bits per heavy atom. The SMILES string of the molecule is O=C1NC(=S)N/C1=C/c1ccc(N2CCCC2)cc1. The van der Waals surface area contributed by atoms with E-state index in [1.807, 2.05) is 18.2 Å². The van der Waals surface area contributed by atoms with Crippen LogP contribution in [0.25, 0.3) is 6.08 Å². The topological polar surface area (TPSA) is 44.4 Å². The predicted molar refractivity (Wildman–Crippen MR) is 79.7 cm³/mol. The zero-order valence-corrected chi connectivity index (χ0v) is 11.3. The molecule has 3 rings (SSSR count). The lowest BCUT2D eigenvalue weighted by atomic mass is 10.1. The largest absolute Gasteiger partial charge is 0.372 e. The molecule has 0 radical (unpaired) electrons. The van der Waals surface area contributed by atoms with E-state index >= 15 is 0 Å². The van der Waals surface area contributed by atoms with Crippen molar-refractivity contribution in [3.63, 3.8) is 0 Å². The van der Waals surface area contributed by atoms with Gasteiger partial charge in [0, 0.05) is 18.8 Å². The van der Waals surface area contributed by atoms with Crippen LogP contribution in [-0.4, -0.2) is 24.1 Å². The van der Waals surface area contributed by atoms with E-state index in [4.69, 9.17) is 12.2 Å². The van der Waals surface area contributed by atoms with Crippen molar-refractivity contribution in [1.29, 1.82) is 0 Å². The fourth-order valence-electron chi connectivity index (χ4n) is 2.41. The summed E-state index contributed by atoms with van der Waals surface area (Å²) in [6.45, 7) is 2.28. The summed E-state index contributed by atoms with van der Waals surface area (Å²) in [6.07, 6.45) is 4.35. The van der Waals surface area contributed by atoms with Crippen molar-refractivity contribution in [2.45, 2.75) is 12.8 Å². The van der Waals surface area contributed by atoms with Crippen LogP contribution < -0.4 is 15.5 Å². The summed E-state index contributed by atoms with van der Waals surface area (Å²) in [7, 11) is 0. The van der Waals surface area contributed by atoms with Gasteiger partial charge in [-0.05, 0) is 48.8 Å². The molecule has 0 atom stereocenters. The highest BCUT2D eigenvalue weighted by Gasteiger charge is 2.19. The average molecular weight is 273 g/mol. The molecule has 2 heterocycles. The molecule has 2 saturated heterocycles. The van der Waals surface area contributed by atoms with Gasteiger partial charge < -0.3 is 10.2 Å². The van der Waals surface area contributed by atoms with Crippen molar-refractivity contribution >= 4 is 35.0 Å². The number of benzene rings is 1. The minimum absolute atomic E-state index is 0.173. The molecule has 2 fully saturated rings. The van der Waals surface area contributed by atoms with Gasteiger partial charge in [-0.25, -0.2) is 0 Å². The van der Waals surface area contributed by atoms with Crippen LogP contribution in [0.1, 0.15) is 18.4 Å². The second kappa shape index (κ2) is 5.01. The van der Waals surface area contributed by atoms with E-state index in [0.717, 1.165) is 18.7 Å². The van der Waals surface area contributed by atoms with Crippen molar-refractivity contribution in [3.05, 3.63) is 35.5 Å². The van der Waals surface area contributed by atoms with E-state index in [1.165, 1.54) is 18.5 Å². The summed E-state index contributed by atoms with van der Waals surface area (Å²) in [5.74, 6) is -0.173. The Bertz CT molecular complexity index is 544. The fourth-order valence-corrected chi connectivity index (χ4v) is 2.61. The molecule has 4 nitrogen and oxygen atoms in total. The van der Waals surface area contributed by atoms with Gasteiger partial charge in [-0.2, -0.15) is 0 Å². The van der Waals surface area contributed by atoms with Gasteiger partial charge in [0.15, 0.2) is 5.11 Å². The standard InChI is InChI=1S/C14H15N3OS/c18-13-12(15-14(19)16-13)9-10-3-5-11(6-4-10)17-7-1-2-8-17/h3-6,9H,1-2,7-8H2,(H2,15,16,18,19)/b12-9+. The lowest BCUT2D eigenvalue weighted by Crippen LogP contribution is -2.21. The van der Waals surface area contributed by atoms with Crippen molar-refractivity contribution in [1.82, 2.24) is 10.6 Å². The first-order chi connectivity index (χ1) is 9.22. The number of nitrogens with zero attached hydrogens (tertiary/aromatic N) is 1. The summed E-state index contributed by atoms with van der Waals surface area (Å²) in [5.41, 5.74) is 2.74. The van der Waals surface area contributed by atoms with Crippen LogP contribution in [0.3, 0.4) is 0 Å². The maximum Gasteiger partial charge on any atom is 0.273 e. The Kier molecular flexibility index (Phi) is 3.21. The number of carbonyl (C=O) groups is 1. The molecule has 2 N–H and O–H groups in total. The smallest absolute Gasteiger partial charge is 0.273 e. The molecular weight excluding hydrogens is 258 g/mol. The number of hydrogen-bond donors (Lipinski definition) is 2. The Balaban J connectivity index is 1.77. The highest BCUT2D eigenvalue weighted by molar-refractivity contribution is 7.80. The van der Waals surface area contributed by atoms with Crippen LogP contribution in [0.15, 0.2) is 30.0 Å². The Morgan fingerprint density at radius 1 is 1.11 bits per heavy atom. The molecule has 2 aliphatic rings. The highest BCUT2D eigenvalue weighted by atomic mass is 32.1. The van der Waals surface area contributed by atoms with Crippen LogP contribution in [0, 0.1) is 0 Å². The third-order valence-electron chi connectivity index (χ3n) is 3.40. The number of carbonyl (C=O) groups excluding carboxylic acids is 1. The lowest BCUT2D eigenvalue weighted by molar-refractivity contribution is -0.115. The van der Waals surface area contributed by atoms with Gasteiger partial charge in [0.25, 0.3) is 5.91 Å². The second-order valence-electron chi connectivity index (χ2n) is 4.75. The third kappa shape index (κ3) is 2.61. The second-order valence-corrected chi connectivity index (χ2v) is 5.16. The molecule has 1 amide bonds. The molecule has 1 aromatic rings. The number of nitrogens with one attached hydrogen (secondary N) is 2. The molecule has 98 valence electrons. The van der Waals surface area contributed by atoms with E-state index in [9.17, 15) is 4.79 Å². The van der Waals surface area contributed by atoms with Crippen molar-refractivity contribution in [2.24, 2.45) is 0 Å². The summed E-state index contributed by atoms with van der Waals surface area (Å²) in [4.78, 5) is 13.9. The number of amides is 1. The van der Waals surface area contributed by atoms with Crippen LogP contribution in [-0.2, 0) is 4.79 Å². The third-order valence-corrected chi connectivity index (χ3v) is 3.60. The molecule has 0 aliphatic carbocycles. The molecule has 19 heavy (non-hydrogen) atoms. The highest BCUT2D eigenvalue weighted by Crippen LogP contribution is 2.21. The first-order valence-corrected chi connectivity index (χ1v) is 6.82. The predicted octanol–water partition coefficient (Wildman–Crippen LogP) is 1.63. The molecule has 0 spiro atoms. The fraction of sp³-hybridized carbons (Fsp3) is 0.286. The van der Waals surface area contributed by atoms with E-state index in [2.05, 4.69) is 27.7 Å². The minimum atomic E-state index is -0.173. The van der Waals surface area contributed by atoms with Gasteiger partial charge in [0.2, 0.25) is 0 Å². The number of thiocarbonyl (C=S) groups is 1. The molecule has 0 saturated carbocycles. The minimum Gasteiger partial charge on any atom is -0.372 e. The lowest BCUT2D eigenvalue weighted by Gasteiger charge is -2.17. The molecule has 0 unspecified atom stereocenters. The van der Waals surface area contributed by atoms with Gasteiger partial charge in [0.05, 0.1) is 0 Å². The Hall–Kier alpha value is -1.88. The zero-order valence-electron chi connectivity index (χ0n) is 10.5. The number of rotatable bonds is 2. The normalized spacial score (nSPS) is 20.8. The Morgan fingerprint density at radius 2 is 1.79 bits per heavy atom. The number of anilines is 1. The molecule has 1 aromatic carbocycles. The van der Waals surface area contributed by atoms with Gasteiger partial charge >= 0.3 is 0 Å². The van der Waals surface area contributed by atoms with Crippen molar-refractivity contribution in [3.8, 4) is 0 Å². The molecular formula is C14H15N3OS. The molecule has 5 heteroatoms. The quantitative estimate of drug-likeness (QED) is 0.635. The average Bonchev–Trinajstić information content (AvgIpc) is 3.01. The number of hydrogen-bond acceptors (Lipinski definition) is 3.